The Morgan fingerprint density at radius 3 is 2.95 bits per heavy atom. The molecule has 8 heteroatoms. The van der Waals surface area contributed by atoms with Crippen LogP contribution in [-0.2, 0) is 6.42 Å². The van der Waals surface area contributed by atoms with E-state index in [2.05, 4.69) is 54.0 Å². The lowest BCUT2D eigenvalue weighted by atomic mass is 10.1. The summed E-state index contributed by atoms with van der Waals surface area (Å²) in [5.74, 6) is -0.283. The van der Waals surface area contributed by atoms with Crippen LogP contribution in [0, 0.1) is 6.92 Å². The van der Waals surface area contributed by atoms with Gasteiger partial charge in [-0.3, -0.25) is 10.1 Å². The summed E-state index contributed by atoms with van der Waals surface area (Å²) in [6, 6.07) is 6.27. The first-order valence-corrected chi connectivity index (χ1v) is 8.74. The van der Waals surface area contributed by atoms with Gasteiger partial charge >= 0.3 is 0 Å². The zero-order valence-electron chi connectivity index (χ0n) is 11.5. The van der Waals surface area contributed by atoms with Crippen molar-refractivity contribution in [2.45, 2.75) is 13.3 Å². The molecule has 112 valence electrons. The predicted molar refractivity (Wildman–Crippen MR) is 91.7 cm³/mol. The third kappa shape index (κ3) is 3.57. The SMILES string of the molecule is Cc1cc(Cc2cnc(NC(=O)c3cnsn3)s2)ccc1Br. The van der Waals surface area contributed by atoms with E-state index in [0.29, 0.717) is 10.8 Å². The average Bonchev–Trinajstić information content (AvgIpc) is 3.15. The van der Waals surface area contributed by atoms with Gasteiger partial charge in [0.2, 0.25) is 0 Å². The maximum Gasteiger partial charge on any atom is 0.278 e. The third-order valence-corrected chi connectivity index (χ3v) is 5.25. The molecule has 0 aliphatic heterocycles. The van der Waals surface area contributed by atoms with E-state index in [1.165, 1.54) is 28.7 Å². The number of nitrogens with one attached hydrogen (secondary N) is 1. The molecule has 0 bridgehead atoms. The molecular weight excluding hydrogens is 384 g/mol. The van der Waals surface area contributed by atoms with Crippen LogP contribution in [0.3, 0.4) is 0 Å². The van der Waals surface area contributed by atoms with E-state index in [-0.39, 0.29) is 5.91 Å². The van der Waals surface area contributed by atoms with Crippen molar-refractivity contribution in [2.75, 3.05) is 5.32 Å². The van der Waals surface area contributed by atoms with Crippen molar-refractivity contribution >= 4 is 50.0 Å². The van der Waals surface area contributed by atoms with Gasteiger partial charge in [-0.2, -0.15) is 8.75 Å². The van der Waals surface area contributed by atoms with Crippen LogP contribution in [0.2, 0.25) is 0 Å². The van der Waals surface area contributed by atoms with Gasteiger partial charge in [0.25, 0.3) is 5.91 Å². The van der Waals surface area contributed by atoms with E-state index in [4.69, 9.17) is 0 Å². The number of aromatic nitrogens is 3. The van der Waals surface area contributed by atoms with E-state index in [0.717, 1.165) is 27.5 Å². The first-order valence-electron chi connectivity index (χ1n) is 6.40. The fourth-order valence-corrected chi connectivity index (χ4v) is 3.39. The molecule has 0 unspecified atom stereocenters. The van der Waals surface area contributed by atoms with Crippen LogP contribution >= 0.6 is 39.0 Å². The van der Waals surface area contributed by atoms with Gasteiger partial charge in [0.15, 0.2) is 10.8 Å². The predicted octanol–water partition coefficient (Wildman–Crippen LogP) is 3.91. The van der Waals surface area contributed by atoms with Crippen LogP contribution in [0.15, 0.2) is 35.1 Å². The quantitative estimate of drug-likeness (QED) is 0.728. The molecule has 0 atom stereocenters. The van der Waals surface area contributed by atoms with Crippen molar-refractivity contribution in [3.63, 3.8) is 0 Å². The minimum Gasteiger partial charge on any atom is -0.296 e. The highest BCUT2D eigenvalue weighted by atomic mass is 79.9. The number of thiazole rings is 1. The van der Waals surface area contributed by atoms with E-state index in [1.807, 2.05) is 6.07 Å². The fourth-order valence-electron chi connectivity index (χ4n) is 1.89. The number of carbonyl (C=O) groups excluding carboxylic acids is 1. The molecule has 0 radical (unpaired) electrons. The van der Waals surface area contributed by atoms with Crippen molar-refractivity contribution in [1.82, 2.24) is 13.7 Å². The molecule has 0 saturated heterocycles. The molecule has 1 amide bonds. The Balaban J connectivity index is 1.68. The van der Waals surface area contributed by atoms with E-state index >= 15 is 0 Å². The lowest BCUT2D eigenvalue weighted by molar-refractivity contribution is 0.102. The van der Waals surface area contributed by atoms with Crippen LogP contribution in [-0.4, -0.2) is 19.6 Å². The zero-order valence-corrected chi connectivity index (χ0v) is 14.8. The molecule has 0 fully saturated rings. The van der Waals surface area contributed by atoms with Gasteiger partial charge < -0.3 is 0 Å². The Bertz CT molecular complexity index is 801. The Morgan fingerprint density at radius 2 is 2.23 bits per heavy atom. The molecule has 5 nitrogen and oxygen atoms in total. The van der Waals surface area contributed by atoms with Gasteiger partial charge in [0.1, 0.15) is 0 Å². The number of hydrogen-bond acceptors (Lipinski definition) is 6. The van der Waals surface area contributed by atoms with Crippen molar-refractivity contribution in [2.24, 2.45) is 0 Å². The number of nitrogens with zero attached hydrogens (tertiary/aromatic N) is 3. The summed E-state index contributed by atoms with van der Waals surface area (Å²) in [4.78, 5) is 17.2. The monoisotopic (exact) mass is 394 g/mol. The van der Waals surface area contributed by atoms with Gasteiger partial charge in [-0.15, -0.1) is 11.3 Å². The normalized spacial score (nSPS) is 10.6. The number of anilines is 1. The molecule has 22 heavy (non-hydrogen) atoms. The van der Waals surface area contributed by atoms with Gasteiger partial charge in [-0.05, 0) is 24.1 Å². The van der Waals surface area contributed by atoms with Crippen LogP contribution in [0.25, 0.3) is 0 Å². The molecule has 0 aliphatic carbocycles. The lowest BCUT2D eigenvalue weighted by Gasteiger charge is -2.02. The fraction of sp³-hybridized carbons (Fsp3) is 0.143. The van der Waals surface area contributed by atoms with Gasteiger partial charge in [-0.25, -0.2) is 4.98 Å². The summed E-state index contributed by atoms with van der Waals surface area (Å²) in [5, 5.41) is 3.31. The van der Waals surface area contributed by atoms with Crippen molar-refractivity contribution in [1.29, 1.82) is 0 Å². The number of amides is 1. The minimum absolute atomic E-state index is 0.283. The van der Waals surface area contributed by atoms with E-state index < -0.39 is 0 Å². The first-order chi connectivity index (χ1) is 10.6. The molecule has 0 spiro atoms. The molecule has 0 aliphatic rings. The van der Waals surface area contributed by atoms with Crippen LogP contribution in [0.1, 0.15) is 26.5 Å². The number of benzene rings is 1. The summed E-state index contributed by atoms with van der Waals surface area (Å²) < 4.78 is 8.81. The maximum absolute atomic E-state index is 11.9. The Labute approximate surface area is 143 Å². The Morgan fingerprint density at radius 1 is 1.36 bits per heavy atom. The molecular formula is C14H11BrN4OS2. The van der Waals surface area contributed by atoms with E-state index in [1.54, 1.807) is 6.20 Å². The highest BCUT2D eigenvalue weighted by Gasteiger charge is 2.11. The summed E-state index contributed by atoms with van der Waals surface area (Å²) in [7, 11) is 0. The second-order valence-electron chi connectivity index (χ2n) is 4.64. The van der Waals surface area contributed by atoms with Gasteiger partial charge in [-0.1, -0.05) is 28.1 Å². The van der Waals surface area contributed by atoms with Crippen molar-refractivity contribution < 1.29 is 4.79 Å². The highest BCUT2D eigenvalue weighted by Crippen LogP contribution is 2.24. The molecule has 2 heterocycles. The van der Waals surface area contributed by atoms with E-state index in [9.17, 15) is 4.79 Å². The number of hydrogen-bond donors (Lipinski definition) is 1. The highest BCUT2D eigenvalue weighted by molar-refractivity contribution is 9.10. The average molecular weight is 395 g/mol. The van der Waals surface area contributed by atoms with Crippen LogP contribution in [0.5, 0.6) is 0 Å². The summed E-state index contributed by atoms with van der Waals surface area (Å²) >= 11 is 5.97. The van der Waals surface area contributed by atoms with Crippen molar-refractivity contribution in [3.05, 3.63) is 56.8 Å². The molecule has 0 saturated carbocycles. The third-order valence-electron chi connectivity index (χ3n) is 2.97. The summed E-state index contributed by atoms with van der Waals surface area (Å²) in [5.41, 5.74) is 2.72. The zero-order chi connectivity index (χ0) is 15.5. The lowest BCUT2D eigenvalue weighted by Crippen LogP contribution is -2.11. The molecule has 3 aromatic rings. The topological polar surface area (TPSA) is 67.8 Å². The Hall–Kier alpha value is -1.64. The summed E-state index contributed by atoms with van der Waals surface area (Å²) in [6.07, 6.45) is 4.02. The maximum atomic E-state index is 11.9. The Kier molecular flexibility index (Phi) is 4.60. The second kappa shape index (κ2) is 6.64. The number of rotatable bonds is 4. The van der Waals surface area contributed by atoms with Gasteiger partial charge in [0.05, 0.1) is 17.9 Å². The largest absolute Gasteiger partial charge is 0.296 e. The first kappa shape index (κ1) is 15.3. The molecule has 1 N–H and O–H groups in total. The minimum atomic E-state index is -0.283. The van der Waals surface area contributed by atoms with Crippen molar-refractivity contribution in [3.8, 4) is 0 Å². The summed E-state index contributed by atoms with van der Waals surface area (Å²) in [6.45, 7) is 2.06. The number of carbonyl (C=O) groups is 1. The van der Waals surface area contributed by atoms with Gasteiger partial charge in [0, 0.05) is 22.0 Å². The number of aryl methyl sites for hydroxylation is 1. The molecule has 1 aromatic carbocycles. The number of halogens is 1. The van der Waals surface area contributed by atoms with Crippen LogP contribution in [0.4, 0.5) is 5.13 Å². The smallest absolute Gasteiger partial charge is 0.278 e. The molecule has 2 aromatic heterocycles. The molecule has 3 rings (SSSR count). The van der Waals surface area contributed by atoms with Crippen LogP contribution < -0.4 is 5.32 Å². The standard InChI is InChI=1S/C14H11BrN4OS2/c1-8-4-9(2-3-11(8)15)5-10-6-16-14(21-10)18-13(20)12-7-17-22-19-12/h2-4,6-7H,5H2,1H3,(H,16,18,20). The second-order valence-corrected chi connectivity index (χ2v) is 7.17.